The lowest BCUT2D eigenvalue weighted by molar-refractivity contribution is -0.212. The number of rotatable bonds is 7. The van der Waals surface area contributed by atoms with Gasteiger partial charge in [-0.2, -0.15) is 0 Å². The summed E-state index contributed by atoms with van der Waals surface area (Å²) < 4.78 is 61.0. The van der Waals surface area contributed by atoms with Gasteiger partial charge in [-0.1, -0.05) is 43.3 Å². The van der Waals surface area contributed by atoms with Crippen LogP contribution in [0.4, 0.5) is 8.78 Å². The van der Waals surface area contributed by atoms with Gasteiger partial charge >= 0.3 is 0 Å². The van der Waals surface area contributed by atoms with E-state index in [0.717, 1.165) is 10.4 Å². The van der Waals surface area contributed by atoms with Gasteiger partial charge in [0.1, 0.15) is 12.8 Å². The normalized spacial score (nSPS) is 40.8. The summed E-state index contributed by atoms with van der Waals surface area (Å²) in [5.74, 6) is -2.84. The number of hydrogen-bond donors (Lipinski definition) is 2. The minimum absolute atomic E-state index is 0.0174. The Morgan fingerprint density at radius 2 is 1.85 bits per heavy atom. The maximum Gasteiger partial charge on any atom is 0.218 e. The van der Waals surface area contributed by atoms with Crippen LogP contribution in [-0.2, 0) is 25.4 Å². The molecule has 2 N–H and O–H groups in total. The van der Waals surface area contributed by atoms with Crippen molar-refractivity contribution in [3.63, 3.8) is 0 Å². The predicted octanol–water partition coefficient (Wildman–Crippen LogP) is 3.31. The van der Waals surface area contributed by atoms with Gasteiger partial charge < -0.3 is 10.2 Å². The van der Waals surface area contributed by atoms with E-state index in [4.69, 9.17) is 0 Å². The number of nitrogens with zero attached hydrogens (tertiary/aromatic N) is 1. The summed E-state index contributed by atoms with van der Waals surface area (Å²) in [6, 6.07) is 8.63. The average Bonchev–Trinajstić information content (AvgIpc) is 3.19. The predicted molar refractivity (Wildman–Crippen MR) is 145 cm³/mol. The van der Waals surface area contributed by atoms with Crippen molar-refractivity contribution < 1.29 is 37.0 Å². The number of ketones is 2. The summed E-state index contributed by atoms with van der Waals surface area (Å²) in [6.45, 7) is 2.18. The van der Waals surface area contributed by atoms with Gasteiger partial charge in [0.05, 0.1) is 17.3 Å². The van der Waals surface area contributed by atoms with Crippen LogP contribution in [0, 0.1) is 28.1 Å². The minimum atomic E-state index is -3.88. The zero-order valence-corrected chi connectivity index (χ0v) is 23.8. The van der Waals surface area contributed by atoms with Crippen LogP contribution in [0.5, 0.6) is 0 Å². The Kier molecular flexibility index (Phi) is 7.05. The monoisotopic (exact) mass is 577 g/mol. The second-order valence-electron chi connectivity index (χ2n) is 12.6. The molecule has 0 aromatic heterocycles. The Morgan fingerprint density at radius 1 is 1.18 bits per heavy atom. The number of Topliss-reactive ketones (excluding diaryl/α,β-unsaturated/α-hetero) is 1. The van der Waals surface area contributed by atoms with Gasteiger partial charge in [0, 0.05) is 24.9 Å². The number of halogens is 2. The summed E-state index contributed by atoms with van der Waals surface area (Å²) in [5, 5.41) is 21.6. The fourth-order valence-corrected chi connectivity index (χ4v) is 9.90. The molecule has 0 spiro atoms. The number of carbonyl (C=O) groups excluding carboxylic acids is 2. The van der Waals surface area contributed by atoms with E-state index in [1.807, 2.05) is 0 Å². The Bertz CT molecular complexity index is 1380. The molecular weight excluding hydrogens is 540 g/mol. The van der Waals surface area contributed by atoms with Gasteiger partial charge in [-0.15, -0.1) is 0 Å². The Labute approximate surface area is 234 Å². The maximum atomic E-state index is 17.4. The van der Waals surface area contributed by atoms with E-state index >= 15 is 8.78 Å². The number of aliphatic hydroxyl groups is 2. The van der Waals surface area contributed by atoms with Gasteiger partial charge in [0.2, 0.25) is 10.0 Å². The SMILES string of the molecule is CN(C[C@]1(C(=O)CO)CCC2[C@@H]3C[C@H](F)C4=CC(=O)C=C[C@]4(C)[C@@]3(F)[C@@H](O)C[C@@]21C)S(=O)(=O)Cc1ccccc1. The first-order chi connectivity index (χ1) is 18.7. The molecule has 0 bridgehead atoms. The van der Waals surface area contributed by atoms with Crippen LogP contribution in [-0.4, -0.2) is 72.6 Å². The van der Waals surface area contributed by atoms with E-state index < -0.39 is 74.2 Å². The molecule has 4 aliphatic carbocycles. The molecule has 0 saturated heterocycles. The highest BCUT2D eigenvalue weighted by atomic mass is 32.2. The van der Waals surface area contributed by atoms with Crippen molar-refractivity contribution in [3.05, 3.63) is 59.7 Å². The minimum Gasteiger partial charge on any atom is -0.390 e. The standard InChI is InChI=1S/C30H37F2NO6S/c1-27-11-9-20(35)13-23(27)24(31)14-22-21-10-12-29(26(37)16-34,28(21,2)15-25(36)30(22,27)32)18-33(3)40(38,39)17-19-7-5-4-6-8-19/h4-9,11,13,21-22,24-25,34,36H,10,12,14-18H2,1-3H3/t21?,22-,24-,25-,27-,28-,29-,30-/m0/s1. The van der Waals surface area contributed by atoms with Gasteiger partial charge in [-0.05, 0) is 67.2 Å². The van der Waals surface area contributed by atoms with E-state index in [1.165, 1.54) is 26.1 Å². The first-order valence-corrected chi connectivity index (χ1v) is 15.4. The molecule has 0 amide bonds. The zero-order chi connectivity index (χ0) is 29.3. The van der Waals surface area contributed by atoms with Crippen LogP contribution < -0.4 is 0 Å². The van der Waals surface area contributed by atoms with Gasteiger partial charge in [-0.25, -0.2) is 21.5 Å². The molecule has 7 nitrogen and oxygen atoms in total. The molecule has 3 fully saturated rings. The number of allylic oxidation sites excluding steroid dienone is 4. The highest BCUT2D eigenvalue weighted by Crippen LogP contribution is 2.72. The van der Waals surface area contributed by atoms with Crippen LogP contribution in [0.3, 0.4) is 0 Å². The van der Waals surface area contributed by atoms with E-state index in [0.29, 0.717) is 12.0 Å². The third-order valence-electron chi connectivity index (χ3n) is 10.8. The van der Waals surface area contributed by atoms with E-state index in [1.54, 1.807) is 37.3 Å². The highest BCUT2D eigenvalue weighted by molar-refractivity contribution is 7.88. The molecule has 10 heteroatoms. The molecule has 3 saturated carbocycles. The molecule has 4 aliphatic rings. The lowest BCUT2D eigenvalue weighted by Gasteiger charge is -2.63. The topological polar surface area (TPSA) is 112 Å². The Hall–Kier alpha value is -2.27. The van der Waals surface area contributed by atoms with Crippen molar-refractivity contribution in [2.75, 3.05) is 20.2 Å². The van der Waals surface area contributed by atoms with E-state index in [2.05, 4.69) is 0 Å². The van der Waals surface area contributed by atoms with Crippen LogP contribution in [0.15, 0.2) is 54.1 Å². The quantitative estimate of drug-likeness (QED) is 0.515. The Balaban J connectivity index is 1.54. The summed E-state index contributed by atoms with van der Waals surface area (Å²) in [4.78, 5) is 25.6. The second kappa shape index (κ2) is 9.64. The lowest BCUT2D eigenvalue weighted by atomic mass is 9.43. The first-order valence-electron chi connectivity index (χ1n) is 13.7. The number of benzene rings is 1. The van der Waals surface area contributed by atoms with Crippen molar-refractivity contribution in [2.24, 2.45) is 28.1 Å². The molecule has 1 unspecified atom stereocenters. The Morgan fingerprint density at radius 3 is 2.50 bits per heavy atom. The molecule has 40 heavy (non-hydrogen) atoms. The summed E-state index contributed by atoms with van der Waals surface area (Å²) in [6.07, 6.45) is 0.510. The number of carbonyl (C=O) groups is 2. The molecule has 0 heterocycles. The highest BCUT2D eigenvalue weighted by Gasteiger charge is 2.75. The summed E-state index contributed by atoms with van der Waals surface area (Å²) >= 11 is 0. The number of aliphatic hydroxyl groups excluding tert-OH is 2. The first kappa shape index (κ1) is 29.2. The van der Waals surface area contributed by atoms with Crippen LogP contribution in [0.1, 0.15) is 45.1 Å². The molecular formula is C30H37F2NO6S. The molecule has 1 aromatic rings. The van der Waals surface area contributed by atoms with Crippen molar-refractivity contribution in [1.29, 1.82) is 0 Å². The number of hydrogen-bond acceptors (Lipinski definition) is 6. The van der Waals surface area contributed by atoms with Crippen molar-refractivity contribution in [2.45, 2.75) is 63.2 Å². The smallest absolute Gasteiger partial charge is 0.218 e. The molecule has 5 rings (SSSR count). The zero-order valence-electron chi connectivity index (χ0n) is 23.0. The maximum absolute atomic E-state index is 17.4. The molecule has 0 radical (unpaired) electrons. The average molecular weight is 578 g/mol. The van der Waals surface area contributed by atoms with Crippen LogP contribution >= 0.6 is 0 Å². The largest absolute Gasteiger partial charge is 0.390 e. The van der Waals surface area contributed by atoms with Gasteiger partial charge in [0.25, 0.3) is 0 Å². The van der Waals surface area contributed by atoms with E-state index in [9.17, 15) is 28.2 Å². The van der Waals surface area contributed by atoms with Crippen LogP contribution in [0.25, 0.3) is 0 Å². The summed E-state index contributed by atoms with van der Waals surface area (Å²) in [5.41, 5.74) is -5.78. The number of fused-ring (bicyclic) bond motifs is 5. The molecule has 218 valence electrons. The fourth-order valence-electron chi connectivity index (χ4n) is 8.65. The van der Waals surface area contributed by atoms with Gasteiger partial charge in [-0.3, -0.25) is 9.59 Å². The number of alkyl halides is 2. The van der Waals surface area contributed by atoms with Crippen molar-refractivity contribution in [3.8, 4) is 0 Å². The molecule has 8 atom stereocenters. The molecule has 0 aliphatic heterocycles. The van der Waals surface area contributed by atoms with Gasteiger partial charge in [0.15, 0.2) is 17.2 Å². The number of sulfonamides is 1. The summed E-state index contributed by atoms with van der Waals surface area (Å²) in [7, 11) is -2.49. The lowest BCUT2D eigenvalue weighted by Crippen LogP contribution is -2.70. The third kappa shape index (κ3) is 3.93. The van der Waals surface area contributed by atoms with E-state index in [-0.39, 0.29) is 37.1 Å². The second-order valence-corrected chi connectivity index (χ2v) is 14.6. The van der Waals surface area contributed by atoms with Crippen LogP contribution in [0.2, 0.25) is 0 Å². The van der Waals surface area contributed by atoms with Crippen molar-refractivity contribution in [1.82, 2.24) is 4.31 Å². The fraction of sp³-hybridized carbons (Fsp3) is 0.600. The third-order valence-corrected chi connectivity index (χ3v) is 12.6. The molecule has 1 aromatic carbocycles. The van der Waals surface area contributed by atoms with Crippen molar-refractivity contribution >= 4 is 21.6 Å².